The summed E-state index contributed by atoms with van der Waals surface area (Å²) in [7, 11) is 0. The van der Waals surface area contributed by atoms with E-state index in [-0.39, 0.29) is 17.8 Å². The molecule has 0 amide bonds. The predicted molar refractivity (Wildman–Crippen MR) is 128 cm³/mol. The van der Waals surface area contributed by atoms with Gasteiger partial charge in [0.25, 0.3) is 0 Å². The Morgan fingerprint density at radius 3 is 2.69 bits per heavy atom. The summed E-state index contributed by atoms with van der Waals surface area (Å²) in [6.07, 6.45) is 2.52. The summed E-state index contributed by atoms with van der Waals surface area (Å²) in [5.41, 5.74) is 4.40. The van der Waals surface area contributed by atoms with Gasteiger partial charge in [0.2, 0.25) is 0 Å². The smallest absolute Gasteiger partial charge is 0.310 e. The largest absolute Gasteiger partial charge is 0.460 e. The van der Waals surface area contributed by atoms with E-state index in [2.05, 4.69) is 41.5 Å². The number of rotatable bonds is 6. The Hall–Kier alpha value is -2.92. The van der Waals surface area contributed by atoms with E-state index in [9.17, 15) is 4.79 Å². The molecule has 0 spiro atoms. The lowest BCUT2D eigenvalue weighted by atomic mass is 10.1. The molecule has 2 atom stereocenters. The third-order valence-electron chi connectivity index (χ3n) is 5.34. The topological polar surface area (TPSA) is 64.1 Å². The predicted octanol–water partition coefficient (Wildman–Crippen LogP) is 6.16. The average molecular weight is 450 g/mol. The fourth-order valence-electron chi connectivity index (χ4n) is 3.68. The van der Waals surface area contributed by atoms with Gasteiger partial charge in [0.1, 0.15) is 11.4 Å². The van der Waals surface area contributed by atoms with Crippen molar-refractivity contribution in [3.05, 3.63) is 76.6 Å². The Morgan fingerprint density at radius 1 is 1.19 bits per heavy atom. The van der Waals surface area contributed by atoms with E-state index in [1.807, 2.05) is 45.0 Å². The van der Waals surface area contributed by atoms with Gasteiger partial charge in [-0.2, -0.15) is 0 Å². The molecular weight excluding hydrogens is 422 g/mol. The van der Waals surface area contributed by atoms with Crippen LogP contribution >= 0.6 is 11.6 Å². The molecule has 2 unspecified atom stereocenters. The number of aromatic nitrogens is 2. The van der Waals surface area contributed by atoms with Gasteiger partial charge in [0.05, 0.1) is 22.3 Å². The third-order valence-corrected chi connectivity index (χ3v) is 5.66. The van der Waals surface area contributed by atoms with Crippen molar-refractivity contribution in [1.82, 2.24) is 9.97 Å². The third kappa shape index (κ3) is 5.46. The number of carbonyl (C=O) groups excluding carboxylic acids is 1. The van der Waals surface area contributed by atoms with Crippen LogP contribution in [0.2, 0.25) is 5.02 Å². The van der Waals surface area contributed by atoms with Crippen LogP contribution in [0.3, 0.4) is 0 Å². The van der Waals surface area contributed by atoms with Gasteiger partial charge >= 0.3 is 5.97 Å². The van der Waals surface area contributed by atoms with E-state index in [4.69, 9.17) is 21.3 Å². The highest BCUT2D eigenvalue weighted by Crippen LogP contribution is 2.50. The van der Waals surface area contributed by atoms with Gasteiger partial charge in [-0.25, -0.2) is 4.98 Å². The first-order valence-corrected chi connectivity index (χ1v) is 11.2. The molecule has 4 rings (SSSR count). The van der Waals surface area contributed by atoms with Gasteiger partial charge in [0, 0.05) is 24.2 Å². The number of hydrogen-bond acceptors (Lipinski definition) is 5. The number of esters is 1. The Bertz CT molecular complexity index is 1120. The highest BCUT2D eigenvalue weighted by Gasteiger charge is 2.48. The normalized spacial score (nSPS) is 17.7. The number of hydrogen-bond donors (Lipinski definition) is 1. The van der Waals surface area contributed by atoms with Gasteiger partial charge in [-0.3, -0.25) is 9.78 Å². The van der Waals surface area contributed by atoms with Crippen LogP contribution in [0.4, 0.5) is 5.82 Å². The minimum atomic E-state index is -0.496. The number of benzene rings is 1. The molecule has 0 bridgehead atoms. The Labute approximate surface area is 194 Å². The zero-order valence-corrected chi connectivity index (χ0v) is 19.6. The number of aryl methyl sites for hydroxylation is 1. The van der Waals surface area contributed by atoms with Crippen LogP contribution in [0.5, 0.6) is 0 Å². The van der Waals surface area contributed by atoms with Crippen molar-refractivity contribution in [3.63, 3.8) is 0 Å². The summed E-state index contributed by atoms with van der Waals surface area (Å²) >= 11 is 6.42. The Morgan fingerprint density at radius 2 is 2.00 bits per heavy atom. The summed E-state index contributed by atoms with van der Waals surface area (Å²) in [6, 6.07) is 16.0. The number of halogens is 1. The van der Waals surface area contributed by atoms with E-state index in [1.165, 1.54) is 11.1 Å². The maximum Gasteiger partial charge on any atom is 0.310 e. The molecule has 5 nitrogen and oxygen atoms in total. The standard InChI is InChI=1S/C26H28ClN3O2/c1-16-6-5-7-17(12-16)14-28-23-11-8-18(15-29-23)22-10-9-21(27)24(30-22)19-13-20(19)25(31)32-26(2,3)4/h5-12,15,19-20H,13-14H2,1-4H3,(H,28,29). The first kappa shape index (κ1) is 22.3. The summed E-state index contributed by atoms with van der Waals surface area (Å²) in [5, 5.41) is 3.93. The van der Waals surface area contributed by atoms with Crippen LogP contribution in [0.1, 0.15) is 49.9 Å². The maximum atomic E-state index is 12.4. The van der Waals surface area contributed by atoms with E-state index in [1.54, 1.807) is 6.20 Å². The molecule has 1 fully saturated rings. The molecule has 1 aliphatic carbocycles. The van der Waals surface area contributed by atoms with Gasteiger partial charge in [0.15, 0.2) is 0 Å². The molecule has 0 saturated heterocycles. The van der Waals surface area contributed by atoms with Crippen molar-refractivity contribution in [2.24, 2.45) is 5.92 Å². The zero-order valence-electron chi connectivity index (χ0n) is 18.9. The van der Waals surface area contributed by atoms with Gasteiger partial charge in [-0.05, 0) is 63.9 Å². The number of ether oxygens (including phenoxy) is 1. The minimum absolute atomic E-state index is 0.000489. The number of nitrogens with one attached hydrogen (secondary N) is 1. The lowest BCUT2D eigenvalue weighted by molar-refractivity contribution is -0.156. The van der Waals surface area contributed by atoms with Crippen LogP contribution in [0.15, 0.2) is 54.7 Å². The molecule has 0 radical (unpaired) electrons. The molecule has 1 aliphatic rings. The maximum absolute atomic E-state index is 12.4. The molecule has 166 valence electrons. The van der Waals surface area contributed by atoms with Crippen molar-refractivity contribution in [2.75, 3.05) is 5.32 Å². The molecule has 2 heterocycles. The Balaban J connectivity index is 1.44. The van der Waals surface area contributed by atoms with Gasteiger partial charge < -0.3 is 10.1 Å². The van der Waals surface area contributed by atoms with Crippen LogP contribution in [0, 0.1) is 12.8 Å². The number of carbonyl (C=O) groups is 1. The highest BCUT2D eigenvalue weighted by atomic mass is 35.5. The average Bonchev–Trinajstić information content (AvgIpc) is 3.53. The fraction of sp³-hybridized carbons (Fsp3) is 0.346. The molecule has 6 heteroatoms. The second-order valence-electron chi connectivity index (χ2n) is 9.32. The lowest BCUT2D eigenvalue weighted by Crippen LogP contribution is -2.25. The molecule has 1 N–H and O–H groups in total. The van der Waals surface area contributed by atoms with Gasteiger partial charge in [-0.15, -0.1) is 0 Å². The molecule has 0 aliphatic heterocycles. The molecular formula is C26H28ClN3O2. The molecule has 3 aromatic rings. The lowest BCUT2D eigenvalue weighted by Gasteiger charge is -2.19. The van der Waals surface area contributed by atoms with Crippen molar-refractivity contribution in [1.29, 1.82) is 0 Å². The fourth-order valence-corrected chi connectivity index (χ4v) is 3.92. The molecule has 32 heavy (non-hydrogen) atoms. The van der Waals surface area contributed by atoms with Crippen molar-refractivity contribution >= 4 is 23.4 Å². The number of nitrogens with zero attached hydrogens (tertiary/aromatic N) is 2. The second-order valence-corrected chi connectivity index (χ2v) is 9.73. The minimum Gasteiger partial charge on any atom is -0.460 e. The van der Waals surface area contributed by atoms with E-state index in [0.717, 1.165) is 22.8 Å². The highest BCUT2D eigenvalue weighted by molar-refractivity contribution is 6.31. The number of pyridine rings is 2. The van der Waals surface area contributed by atoms with Crippen LogP contribution < -0.4 is 5.32 Å². The number of anilines is 1. The first-order valence-electron chi connectivity index (χ1n) is 10.8. The second kappa shape index (κ2) is 8.91. The summed E-state index contributed by atoms with van der Waals surface area (Å²) in [6.45, 7) is 8.42. The van der Waals surface area contributed by atoms with Crippen LogP contribution in [0.25, 0.3) is 11.3 Å². The SMILES string of the molecule is Cc1cccc(CNc2ccc(-c3ccc(Cl)c(C4CC4C(=O)OC(C)(C)C)n3)cn2)c1. The molecule has 2 aromatic heterocycles. The molecule has 1 saturated carbocycles. The van der Waals surface area contributed by atoms with E-state index >= 15 is 0 Å². The summed E-state index contributed by atoms with van der Waals surface area (Å²) < 4.78 is 5.52. The van der Waals surface area contributed by atoms with E-state index in [0.29, 0.717) is 18.0 Å². The quantitative estimate of drug-likeness (QED) is 0.456. The van der Waals surface area contributed by atoms with Crippen LogP contribution in [-0.4, -0.2) is 21.5 Å². The van der Waals surface area contributed by atoms with Crippen molar-refractivity contribution in [2.45, 2.75) is 52.2 Å². The van der Waals surface area contributed by atoms with Crippen molar-refractivity contribution in [3.8, 4) is 11.3 Å². The van der Waals surface area contributed by atoms with Crippen LogP contribution in [-0.2, 0) is 16.1 Å². The Kier molecular flexibility index (Phi) is 6.20. The molecule has 1 aromatic carbocycles. The summed E-state index contributed by atoms with van der Waals surface area (Å²) in [5.74, 6) is 0.439. The zero-order chi connectivity index (χ0) is 22.9. The van der Waals surface area contributed by atoms with E-state index < -0.39 is 5.60 Å². The van der Waals surface area contributed by atoms with Crippen molar-refractivity contribution < 1.29 is 9.53 Å². The van der Waals surface area contributed by atoms with Gasteiger partial charge in [-0.1, -0.05) is 41.4 Å². The summed E-state index contributed by atoms with van der Waals surface area (Å²) in [4.78, 5) is 21.7. The first-order chi connectivity index (χ1) is 15.2. The monoisotopic (exact) mass is 449 g/mol.